The number of nitrogens with one attached hydrogen (secondary N) is 2. The minimum Gasteiger partial charge on any atom is -0.492 e. The van der Waals surface area contributed by atoms with Gasteiger partial charge in [-0.25, -0.2) is 4.98 Å². The molecule has 0 aliphatic carbocycles. The lowest BCUT2D eigenvalue weighted by atomic mass is 10.2. The van der Waals surface area contributed by atoms with E-state index in [-0.39, 0.29) is 17.9 Å². The predicted molar refractivity (Wildman–Crippen MR) is 96.9 cm³/mol. The number of hydrogen-bond acceptors (Lipinski definition) is 4. The lowest BCUT2D eigenvalue weighted by Gasteiger charge is -2.11. The average Bonchev–Trinajstić information content (AvgIpc) is 2.62. The zero-order valence-electron chi connectivity index (χ0n) is 13.9. The molecule has 3 aromatic rings. The summed E-state index contributed by atoms with van der Waals surface area (Å²) in [5, 5.41) is 3.38. The number of carbonyl (C=O) groups is 1. The van der Waals surface area contributed by atoms with Crippen LogP contribution >= 0.6 is 0 Å². The number of rotatable bonds is 6. The zero-order chi connectivity index (χ0) is 17.6. The first kappa shape index (κ1) is 16.7. The van der Waals surface area contributed by atoms with Gasteiger partial charge in [0, 0.05) is 12.8 Å². The number of benzene rings is 2. The van der Waals surface area contributed by atoms with Crippen molar-refractivity contribution in [2.75, 3.05) is 11.9 Å². The van der Waals surface area contributed by atoms with Crippen molar-refractivity contribution in [3.05, 3.63) is 64.7 Å². The quantitative estimate of drug-likeness (QED) is 0.724. The minimum absolute atomic E-state index is 0.164. The van der Waals surface area contributed by atoms with Crippen molar-refractivity contribution < 1.29 is 9.53 Å². The van der Waals surface area contributed by atoms with E-state index in [1.807, 2.05) is 31.2 Å². The van der Waals surface area contributed by atoms with Gasteiger partial charge in [-0.2, -0.15) is 0 Å². The molecule has 3 rings (SSSR count). The van der Waals surface area contributed by atoms with E-state index in [2.05, 4.69) is 15.3 Å². The highest BCUT2D eigenvalue weighted by molar-refractivity contribution is 5.92. The van der Waals surface area contributed by atoms with Crippen molar-refractivity contribution in [2.45, 2.75) is 19.8 Å². The summed E-state index contributed by atoms with van der Waals surface area (Å²) >= 11 is 0. The molecule has 6 heteroatoms. The molecule has 2 aromatic carbocycles. The van der Waals surface area contributed by atoms with Gasteiger partial charge < -0.3 is 15.0 Å². The second-order valence-corrected chi connectivity index (χ2v) is 5.51. The van der Waals surface area contributed by atoms with Gasteiger partial charge in [0.05, 0.1) is 23.2 Å². The van der Waals surface area contributed by atoms with Crippen LogP contribution < -0.4 is 15.6 Å². The Labute approximate surface area is 144 Å². The first-order valence-electron chi connectivity index (χ1n) is 8.17. The number of para-hydroxylation sites is 3. The fourth-order valence-electron chi connectivity index (χ4n) is 2.55. The van der Waals surface area contributed by atoms with Crippen LogP contribution in [0.4, 0.5) is 5.69 Å². The Kier molecular flexibility index (Phi) is 5.09. The molecule has 0 fully saturated rings. The normalized spacial score (nSPS) is 10.6. The topological polar surface area (TPSA) is 84.1 Å². The van der Waals surface area contributed by atoms with Gasteiger partial charge in [0.2, 0.25) is 5.91 Å². The number of carbonyl (C=O) groups excluding carboxylic acids is 1. The molecule has 25 heavy (non-hydrogen) atoms. The summed E-state index contributed by atoms with van der Waals surface area (Å²) in [7, 11) is 0. The zero-order valence-corrected chi connectivity index (χ0v) is 13.9. The van der Waals surface area contributed by atoms with Crippen LogP contribution in [0.5, 0.6) is 5.75 Å². The summed E-state index contributed by atoms with van der Waals surface area (Å²) in [5.74, 6) is 0.968. The van der Waals surface area contributed by atoms with Crippen LogP contribution in [0.25, 0.3) is 10.9 Å². The van der Waals surface area contributed by atoms with Gasteiger partial charge in [0.1, 0.15) is 11.6 Å². The van der Waals surface area contributed by atoms with Crippen LogP contribution in [0, 0.1) is 0 Å². The molecule has 2 N–H and O–H groups in total. The molecule has 1 aromatic heterocycles. The fraction of sp³-hybridized carbons (Fsp3) is 0.211. The molecular weight excluding hydrogens is 318 g/mol. The van der Waals surface area contributed by atoms with E-state index in [0.717, 1.165) is 0 Å². The van der Waals surface area contributed by atoms with Crippen LogP contribution in [0.3, 0.4) is 0 Å². The van der Waals surface area contributed by atoms with E-state index in [4.69, 9.17) is 4.74 Å². The molecule has 0 unspecified atom stereocenters. The van der Waals surface area contributed by atoms with Gasteiger partial charge in [-0.15, -0.1) is 0 Å². The highest BCUT2D eigenvalue weighted by Gasteiger charge is 2.09. The van der Waals surface area contributed by atoms with Crippen molar-refractivity contribution in [3.8, 4) is 5.75 Å². The van der Waals surface area contributed by atoms with Crippen molar-refractivity contribution >= 4 is 22.5 Å². The molecule has 128 valence electrons. The number of H-pyrrole nitrogens is 1. The van der Waals surface area contributed by atoms with Gasteiger partial charge in [-0.05, 0) is 31.2 Å². The number of aromatic nitrogens is 2. The Bertz CT molecular complexity index is 950. The number of hydrogen-bond donors (Lipinski definition) is 2. The van der Waals surface area contributed by atoms with Crippen molar-refractivity contribution in [1.82, 2.24) is 9.97 Å². The maximum absolute atomic E-state index is 12.2. The maximum atomic E-state index is 12.2. The summed E-state index contributed by atoms with van der Waals surface area (Å²) in [6.45, 7) is 2.41. The molecule has 0 atom stereocenters. The third-order valence-electron chi connectivity index (χ3n) is 3.71. The number of ether oxygens (including phenoxy) is 1. The molecule has 6 nitrogen and oxygen atoms in total. The lowest BCUT2D eigenvalue weighted by Crippen LogP contribution is -2.16. The Morgan fingerprint density at radius 1 is 1.16 bits per heavy atom. The summed E-state index contributed by atoms with van der Waals surface area (Å²) < 4.78 is 5.49. The van der Waals surface area contributed by atoms with Gasteiger partial charge in [0.25, 0.3) is 5.56 Å². The predicted octanol–water partition coefficient (Wildman–Crippen LogP) is 2.89. The number of nitrogens with zero attached hydrogens (tertiary/aromatic N) is 1. The van der Waals surface area contributed by atoms with E-state index in [9.17, 15) is 9.59 Å². The molecule has 1 heterocycles. The Balaban J connectivity index is 1.68. The molecule has 0 bridgehead atoms. The second kappa shape index (κ2) is 7.61. The van der Waals surface area contributed by atoms with Gasteiger partial charge in [-0.3, -0.25) is 9.59 Å². The summed E-state index contributed by atoms with van der Waals surface area (Å²) in [5.41, 5.74) is 1.07. The van der Waals surface area contributed by atoms with Crippen LogP contribution in [-0.4, -0.2) is 22.5 Å². The maximum Gasteiger partial charge on any atom is 0.258 e. The largest absolute Gasteiger partial charge is 0.492 e. The molecule has 0 saturated heterocycles. The average molecular weight is 337 g/mol. The third-order valence-corrected chi connectivity index (χ3v) is 3.71. The molecule has 0 saturated carbocycles. The molecule has 0 aliphatic rings. The van der Waals surface area contributed by atoms with Crippen LogP contribution in [-0.2, 0) is 11.2 Å². The summed E-state index contributed by atoms with van der Waals surface area (Å²) in [6.07, 6.45) is 0.560. The van der Waals surface area contributed by atoms with Crippen molar-refractivity contribution in [2.24, 2.45) is 0 Å². The number of aromatic amines is 1. The number of aryl methyl sites for hydroxylation is 1. The standard InChI is InChI=1S/C19H19N3O3/c1-2-25-16-10-6-5-9-15(16)21-18(23)12-11-17-20-14-8-4-3-7-13(14)19(24)22-17/h3-10H,2,11-12H2,1H3,(H,21,23)(H,20,22,24). The van der Waals surface area contributed by atoms with Gasteiger partial charge in [-0.1, -0.05) is 24.3 Å². The molecular formula is C19H19N3O3. The monoisotopic (exact) mass is 337 g/mol. The summed E-state index contributed by atoms with van der Waals surface area (Å²) in [4.78, 5) is 31.4. The van der Waals surface area contributed by atoms with E-state index in [0.29, 0.717) is 41.2 Å². The first-order chi connectivity index (χ1) is 12.2. The lowest BCUT2D eigenvalue weighted by molar-refractivity contribution is -0.116. The number of anilines is 1. The highest BCUT2D eigenvalue weighted by Crippen LogP contribution is 2.23. The van der Waals surface area contributed by atoms with Crippen LogP contribution in [0.1, 0.15) is 19.2 Å². The van der Waals surface area contributed by atoms with E-state index in [1.165, 1.54) is 0 Å². The van der Waals surface area contributed by atoms with E-state index in [1.54, 1.807) is 24.3 Å². The number of amides is 1. The summed E-state index contributed by atoms with van der Waals surface area (Å²) in [6, 6.07) is 14.4. The fourth-order valence-corrected chi connectivity index (χ4v) is 2.55. The molecule has 1 amide bonds. The smallest absolute Gasteiger partial charge is 0.258 e. The van der Waals surface area contributed by atoms with E-state index >= 15 is 0 Å². The van der Waals surface area contributed by atoms with Crippen LogP contribution in [0.2, 0.25) is 0 Å². The van der Waals surface area contributed by atoms with Gasteiger partial charge in [0.15, 0.2) is 0 Å². The highest BCUT2D eigenvalue weighted by atomic mass is 16.5. The Morgan fingerprint density at radius 3 is 2.76 bits per heavy atom. The molecule has 0 aliphatic heterocycles. The third kappa shape index (κ3) is 4.03. The number of fused-ring (bicyclic) bond motifs is 1. The second-order valence-electron chi connectivity index (χ2n) is 5.51. The van der Waals surface area contributed by atoms with Crippen molar-refractivity contribution in [3.63, 3.8) is 0 Å². The Morgan fingerprint density at radius 2 is 1.92 bits per heavy atom. The van der Waals surface area contributed by atoms with Crippen LogP contribution in [0.15, 0.2) is 53.3 Å². The molecule has 0 spiro atoms. The van der Waals surface area contributed by atoms with E-state index < -0.39 is 0 Å². The minimum atomic E-state index is -0.192. The SMILES string of the molecule is CCOc1ccccc1NC(=O)CCc1nc2ccccc2c(=O)[nH]1. The Hall–Kier alpha value is -3.15. The van der Waals surface area contributed by atoms with Gasteiger partial charge >= 0.3 is 0 Å². The molecule has 0 radical (unpaired) electrons. The van der Waals surface area contributed by atoms with Crippen molar-refractivity contribution in [1.29, 1.82) is 0 Å². The first-order valence-corrected chi connectivity index (χ1v) is 8.17.